The van der Waals surface area contributed by atoms with Crippen LogP contribution >= 0.6 is 35.6 Å². The summed E-state index contributed by atoms with van der Waals surface area (Å²) in [5.41, 5.74) is 6.70. The number of hydrogen-bond donors (Lipinski definition) is 2. The number of ether oxygens (including phenoxy) is 3. The molecule has 1 atom stereocenters. The van der Waals surface area contributed by atoms with Crippen LogP contribution in [-0.2, 0) is 9.47 Å². The van der Waals surface area contributed by atoms with Crippen molar-refractivity contribution >= 4 is 47.2 Å². The number of nitrogens with two attached hydrogens (primary N) is 1. The van der Waals surface area contributed by atoms with Gasteiger partial charge in [0.05, 0.1) is 25.3 Å². The molecule has 1 saturated heterocycles. The Hall–Kier alpha value is -0.770. The van der Waals surface area contributed by atoms with Crippen LogP contribution in [0.3, 0.4) is 0 Å². The fourth-order valence-electron chi connectivity index (χ4n) is 3.19. The Morgan fingerprint density at radius 3 is 2.84 bits per heavy atom. The molecule has 1 spiro atoms. The van der Waals surface area contributed by atoms with E-state index in [2.05, 4.69) is 10.3 Å². The molecule has 1 saturated carbocycles. The van der Waals surface area contributed by atoms with Gasteiger partial charge in [-0.25, -0.2) is 0 Å². The molecule has 1 aliphatic carbocycles. The standard InChI is InChI=1S/C17H24ClN3O3.HI/c1-22-15-6-5-12(9-14(15)18)21-16(19)20-10-13-11-23-17(24-13)7-3-2-4-8-17;/h5-6,9,13H,2-4,7-8,10-11H2,1H3,(H3,19,20,21);1H. The molecular formula is C17H25ClIN3O3. The maximum Gasteiger partial charge on any atom is 0.193 e. The van der Waals surface area contributed by atoms with Gasteiger partial charge in [0.1, 0.15) is 11.9 Å². The normalized spacial score (nSPS) is 22.5. The molecule has 3 rings (SSSR count). The van der Waals surface area contributed by atoms with Crippen molar-refractivity contribution in [2.24, 2.45) is 10.7 Å². The lowest BCUT2D eigenvalue weighted by Crippen LogP contribution is -2.34. The summed E-state index contributed by atoms with van der Waals surface area (Å²) in [5.74, 6) is 0.570. The molecule has 1 aromatic rings. The molecule has 1 aromatic carbocycles. The first-order valence-electron chi connectivity index (χ1n) is 8.32. The number of guanidine groups is 1. The molecular weight excluding hydrogens is 457 g/mol. The number of aliphatic imine (C=N–C) groups is 1. The number of nitrogens with zero attached hydrogens (tertiary/aromatic N) is 1. The van der Waals surface area contributed by atoms with Crippen LogP contribution in [0.4, 0.5) is 5.69 Å². The molecule has 0 bridgehead atoms. The Balaban J connectivity index is 0.00000225. The highest BCUT2D eigenvalue weighted by atomic mass is 127. The van der Waals surface area contributed by atoms with Crippen LogP contribution in [0.25, 0.3) is 0 Å². The Bertz CT molecular complexity index is 609. The summed E-state index contributed by atoms with van der Waals surface area (Å²) in [6.45, 7) is 1.05. The Kier molecular flexibility index (Phi) is 7.60. The molecule has 2 fully saturated rings. The zero-order valence-electron chi connectivity index (χ0n) is 14.3. The lowest BCUT2D eigenvalue weighted by molar-refractivity contribution is -0.186. The third kappa shape index (κ3) is 5.35. The smallest absolute Gasteiger partial charge is 0.193 e. The van der Waals surface area contributed by atoms with E-state index in [-0.39, 0.29) is 35.9 Å². The fourth-order valence-corrected chi connectivity index (χ4v) is 3.45. The molecule has 1 unspecified atom stereocenters. The zero-order valence-corrected chi connectivity index (χ0v) is 17.4. The van der Waals surface area contributed by atoms with Crippen molar-refractivity contribution in [2.45, 2.75) is 44.0 Å². The first kappa shape index (κ1) is 20.5. The van der Waals surface area contributed by atoms with Crippen molar-refractivity contribution in [3.8, 4) is 5.75 Å². The van der Waals surface area contributed by atoms with Crippen molar-refractivity contribution in [3.63, 3.8) is 0 Å². The lowest BCUT2D eigenvalue weighted by Gasteiger charge is -2.31. The number of nitrogens with one attached hydrogen (secondary N) is 1. The zero-order chi connectivity index (χ0) is 17.0. The van der Waals surface area contributed by atoms with Gasteiger partial charge >= 0.3 is 0 Å². The van der Waals surface area contributed by atoms with Gasteiger partial charge in [0.15, 0.2) is 11.7 Å². The first-order chi connectivity index (χ1) is 11.6. The third-order valence-corrected chi connectivity index (χ3v) is 4.71. The molecule has 3 N–H and O–H groups in total. The molecule has 2 aliphatic rings. The van der Waals surface area contributed by atoms with Gasteiger partial charge in [0.2, 0.25) is 0 Å². The van der Waals surface area contributed by atoms with Gasteiger partial charge in [-0.2, -0.15) is 0 Å². The topological polar surface area (TPSA) is 78.1 Å². The van der Waals surface area contributed by atoms with E-state index in [0.29, 0.717) is 29.9 Å². The van der Waals surface area contributed by atoms with Crippen LogP contribution in [0.1, 0.15) is 32.1 Å². The van der Waals surface area contributed by atoms with E-state index in [1.807, 2.05) is 6.07 Å². The molecule has 8 heteroatoms. The van der Waals surface area contributed by atoms with E-state index in [1.165, 1.54) is 6.42 Å². The van der Waals surface area contributed by atoms with Gasteiger partial charge in [-0.1, -0.05) is 18.0 Å². The largest absolute Gasteiger partial charge is 0.495 e. The maximum atomic E-state index is 6.09. The minimum Gasteiger partial charge on any atom is -0.495 e. The van der Waals surface area contributed by atoms with Crippen LogP contribution in [0.5, 0.6) is 5.75 Å². The number of halogens is 2. The first-order valence-corrected chi connectivity index (χ1v) is 8.70. The number of hydrogen-bond acceptors (Lipinski definition) is 4. The van der Waals surface area contributed by atoms with Crippen LogP contribution in [0.15, 0.2) is 23.2 Å². The number of rotatable bonds is 4. The van der Waals surface area contributed by atoms with Crippen molar-refractivity contribution in [1.82, 2.24) is 0 Å². The monoisotopic (exact) mass is 481 g/mol. The molecule has 1 heterocycles. The average Bonchev–Trinajstić information content (AvgIpc) is 2.96. The quantitative estimate of drug-likeness (QED) is 0.389. The van der Waals surface area contributed by atoms with Crippen LogP contribution in [-0.4, -0.2) is 38.1 Å². The van der Waals surface area contributed by atoms with E-state index in [4.69, 9.17) is 31.5 Å². The molecule has 25 heavy (non-hydrogen) atoms. The van der Waals surface area contributed by atoms with E-state index in [1.54, 1.807) is 19.2 Å². The fraction of sp³-hybridized carbons (Fsp3) is 0.588. The molecule has 1 aliphatic heterocycles. The number of anilines is 1. The molecule has 6 nitrogen and oxygen atoms in total. The van der Waals surface area contributed by atoms with Gasteiger partial charge < -0.3 is 25.3 Å². The second-order valence-corrected chi connectivity index (χ2v) is 6.63. The van der Waals surface area contributed by atoms with Crippen molar-refractivity contribution in [3.05, 3.63) is 23.2 Å². The SMILES string of the molecule is COc1ccc(NC(N)=NCC2COC3(CCCCC3)O2)cc1Cl.I. The van der Waals surface area contributed by atoms with Crippen LogP contribution in [0.2, 0.25) is 5.02 Å². The van der Waals surface area contributed by atoms with Gasteiger partial charge in [-0.3, -0.25) is 4.99 Å². The Labute approximate surface area is 170 Å². The van der Waals surface area contributed by atoms with Crippen molar-refractivity contribution in [1.29, 1.82) is 0 Å². The van der Waals surface area contributed by atoms with Crippen LogP contribution in [0, 0.1) is 0 Å². The Morgan fingerprint density at radius 1 is 1.40 bits per heavy atom. The predicted molar refractivity (Wildman–Crippen MR) is 110 cm³/mol. The van der Waals surface area contributed by atoms with Gasteiger partial charge in [0, 0.05) is 18.5 Å². The second-order valence-electron chi connectivity index (χ2n) is 6.22. The average molecular weight is 482 g/mol. The second kappa shape index (κ2) is 9.25. The molecule has 0 radical (unpaired) electrons. The highest BCUT2D eigenvalue weighted by molar-refractivity contribution is 14.0. The summed E-state index contributed by atoms with van der Waals surface area (Å²) < 4.78 is 17.1. The number of methoxy groups -OCH3 is 1. The highest BCUT2D eigenvalue weighted by Crippen LogP contribution is 2.37. The molecule has 140 valence electrons. The summed E-state index contributed by atoms with van der Waals surface area (Å²) in [6, 6.07) is 5.35. The molecule has 0 aromatic heterocycles. The predicted octanol–water partition coefficient (Wildman–Crippen LogP) is 3.77. The van der Waals surface area contributed by atoms with E-state index >= 15 is 0 Å². The Morgan fingerprint density at radius 2 is 2.16 bits per heavy atom. The maximum absolute atomic E-state index is 6.09. The number of benzene rings is 1. The van der Waals surface area contributed by atoms with Crippen molar-refractivity contribution in [2.75, 3.05) is 25.6 Å². The van der Waals surface area contributed by atoms with E-state index in [0.717, 1.165) is 31.4 Å². The van der Waals surface area contributed by atoms with E-state index in [9.17, 15) is 0 Å². The summed E-state index contributed by atoms with van der Waals surface area (Å²) in [5, 5.41) is 3.54. The van der Waals surface area contributed by atoms with Gasteiger partial charge in [0.25, 0.3) is 0 Å². The summed E-state index contributed by atoms with van der Waals surface area (Å²) >= 11 is 6.09. The van der Waals surface area contributed by atoms with Gasteiger partial charge in [-0.05, 0) is 31.0 Å². The minimum absolute atomic E-state index is 0. The van der Waals surface area contributed by atoms with Gasteiger partial charge in [-0.15, -0.1) is 24.0 Å². The van der Waals surface area contributed by atoms with Crippen LogP contribution < -0.4 is 15.8 Å². The van der Waals surface area contributed by atoms with E-state index < -0.39 is 0 Å². The highest BCUT2D eigenvalue weighted by Gasteiger charge is 2.41. The minimum atomic E-state index is -0.371. The van der Waals surface area contributed by atoms with Crippen molar-refractivity contribution < 1.29 is 14.2 Å². The third-order valence-electron chi connectivity index (χ3n) is 4.42. The molecule has 0 amide bonds. The summed E-state index contributed by atoms with van der Waals surface area (Å²) in [4.78, 5) is 4.36. The lowest BCUT2D eigenvalue weighted by atomic mass is 9.94. The summed E-state index contributed by atoms with van der Waals surface area (Å²) in [7, 11) is 1.58. The summed E-state index contributed by atoms with van der Waals surface area (Å²) in [6.07, 6.45) is 5.51.